The van der Waals surface area contributed by atoms with Gasteiger partial charge in [-0.25, -0.2) is 9.78 Å². The van der Waals surface area contributed by atoms with Crippen LogP contribution in [0.1, 0.15) is 52.7 Å². The van der Waals surface area contributed by atoms with Gasteiger partial charge in [0.1, 0.15) is 18.1 Å². The Morgan fingerprint density at radius 1 is 0.886 bits per heavy atom. The van der Waals surface area contributed by atoms with Crippen molar-refractivity contribution in [1.29, 1.82) is 0 Å². The standard InChI is InChI=1S/C22H36N6O7/c1-11(2)5-15(26-19(31)14(23)8-18(29)30)20(32)27-16(6-12(3)4)21(33)28-17(22(34)35)7-13-9-24-10-25-13/h9-12,14-17H,5-8,23H2,1-4H3,(H,24,25)(H,26,31)(H,27,32)(H,28,33)(H,29,30)(H,34,35). The van der Waals surface area contributed by atoms with Crippen molar-refractivity contribution in [1.82, 2.24) is 25.9 Å². The van der Waals surface area contributed by atoms with Crippen LogP contribution in [-0.2, 0) is 30.4 Å². The highest BCUT2D eigenvalue weighted by atomic mass is 16.4. The fraction of sp³-hybridized carbons (Fsp3) is 0.636. The van der Waals surface area contributed by atoms with Gasteiger partial charge in [-0.05, 0) is 24.7 Å². The number of aliphatic carboxylic acids is 2. The Morgan fingerprint density at radius 2 is 1.37 bits per heavy atom. The highest BCUT2D eigenvalue weighted by molar-refractivity contribution is 5.94. The molecule has 8 N–H and O–H groups in total. The van der Waals surface area contributed by atoms with Crippen LogP contribution in [0.15, 0.2) is 12.5 Å². The summed E-state index contributed by atoms with van der Waals surface area (Å²) < 4.78 is 0. The lowest BCUT2D eigenvalue weighted by Gasteiger charge is -2.26. The summed E-state index contributed by atoms with van der Waals surface area (Å²) in [5.41, 5.74) is 6.11. The molecule has 0 radical (unpaired) electrons. The second-order valence-electron chi connectivity index (χ2n) is 9.27. The van der Waals surface area contributed by atoms with Crippen molar-refractivity contribution in [2.75, 3.05) is 0 Å². The van der Waals surface area contributed by atoms with Crippen molar-refractivity contribution in [2.24, 2.45) is 17.6 Å². The van der Waals surface area contributed by atoms with Gasteiger partial charge < -0.3 is 36.9 Å². The third-order valence-electron chi connectivity index (χ3n) is 5.00. The molecule has 1 heterocycles. The molecule has 0 aromatic carbocycles. The summed E-state index contributed by atoms with van der Waals surface area (Å²) in [6.07, 6.45) is 2.64. The van der Waals surface area contributed by atoms with Crippen LogP contribution in [0, 0.1) is 11.8 Å². The average Bonchev–Trinajstić information content (AvgIpc) is 3.24. The normalized spacial score (nSPS) is 14.6. The maximum atomic E-state index is 13.0. The van der Waals surface area contributed by atoms with Crippen molar-refractivity contribution < 1.29 is 34.2 Å². The van der Waals surface area contributed by atoms with Gasteiger partial charge in [-0.15, -0.1) is 0 Å². The molecule has 0 fully saturated rings. The molecule has 3 amide bonds. The number of carbonyl (C=O) groups is 5. The van der Waals surface area contributed by atoms with E-state index in [-0.39, 0.29) is 31.1 Å². The molecule has 0 spiro atoms. The van der Waals surface area contributed by atoms with E-state index in [1.54, 1.807) is 0 Å². The number of imidazole rings is 1. The van der Waals surface area contributed by atoms with Gasteiger partial charge in [0.2, 0.25) is 17.7 Å². The zero-order chi connectivity index (χ0) is 26.7. The molecule has 13 heteroatoms. The minimum atomic E-state index is -1.34. The smallest absolute Gasteiger partial charge is 0.326 e. The SMILES string of the molecule is CC(C)CC(NC(=O)C(N)CC(=O)O)C(=O)NC(CC(C)C)C(=O)NC(Cc1cnc[nH]1)C(=O)O. The quantitative estimate of drug-likeness (QED) is 0.164. The maximum absolute atomic E-state index is 13.0. The molecule has 13 nitrogen and oxygen atoms in total. The van der Waals surface area contributed by atoms with E-state index in [0.717, 1.165) is 0 Å². The zero-order valence-electron chi connectivity index (χ0n) is 20.4. The number of carboxylic acids is 2. The van der Waals surface area contributed by atoms with Crippen LogP contribution in [0.5, 0.6) is 0 Å². The monoisotopic (exact) mass is 496 g/mol. The number of nitrogens with two attached hydrogens (primary N) is 1. The second-order valence-corrected chi connectivity index (χ2v) is 9.27. The summed E-state index contributed by atoms with van der Waals surface area (Å²) >= 11 is 0. The number of aromatic amines is 1. The van der Waals surface area contributed by atoms with Crippen molar-refractivity contribution in [3.8, 4) is 0 Å². The van der Waals surface area contributed by atoms with Gasteiger partial charge in [-0.3, -0.25) is 19.2 Å². The summed E-state index contributed by atoms with van der Waals surface area (Å²) in [6, 6.07) is -4.73. The minimum absolute atomic E-state index is 0.0232. The molecule has 0 aliphatic carbocycles. The van der Waals surface area contributed by atoms with Gasteiger partial charge in [0, 0.05) is 18.3 Å². The lowest BCUT2D eigenvalue weighted by Crippen LogP contribution is -2.57. The van der Waals surface area contributed by atoms with E-state index in [1.165, 1.54) is 12.5 Å². The van der Waals surface area contributed by atoms with Crippen molar-refractivity contribution in [3.63, 3.8) is 0 Å². The van der Waals surface area contributed by atoms with E-state index in [9.17, 15) is 29.1 Å². The van der Waals surface area contributed by atoms with Crippen molar-refractivity contribution in [2.45, 2.75) is 77.5 Å². The topological polar surface area (TPSA) is 217 Å². The Hall–Kier alpha value is -3.48. The number of amides is 3. The number of carbonyl (C=O) groups excluding carboxylic acids is 3. The summed E-state index contributed by atoms with van der Waals surface area (Å²) in [6.45, 7) is 7.33. The van der Waals surface area contributed by atoms with Crippen LogP contribution < -0.4 is 21.7 Å². The number of carboxylic acid groups (broad SMARTS) is 2. The van der Waals surface area contributed by atoms with E-state index in [0.29, 0.717) is 5.69 Å². The summed E-state index contributed by atoms with van der Waals surface area (Å²) in [5, 5.41) is 25.9. The molecule has 0 bridgehead atoms. The van der Waals surface area contributed by atoms with Crippen LogP contribution in [-0.4, -0.2) is 74.0 Å². The molecule has 196 valence electrons. The predicted octanol–water partition coefficient (Wildman–Crippen LogP) is -0.615. The molecule has 35 heavy (non-hydrogen) atoms. The minimum Gasteiger partial charge on any atom is -0.481 e. The Balaban J connectivity index is 2.98. The fourth-order valence-corrected chi connectivity index (χ4v) is 3.33. The van der Waals surface area contributed by atoms with Crippen LogP contribution in [0.2, 0.25) is 0 Å². The van der Waals surface area contributed by atoms with Crippen molar-refractivity contribution in [3.05, 3.63) is 18.2 Å². The number of hydrogen-bond acceptors (Lipinski definition) is 7. The van der Waals surface area contributed by atoms with E-state index in [1.807, 2.05) is 27.7 Å². The number of nitrogens with zero attached hydrogens (tertiary/aromatic N) is 1. The molecule has 0 aliphatic heterocycles. The van der Waals surface area contributed by atoms with E-state index in [2.05, 4.69) is 25.9 Å². The van der Waals surface area contributed by atoms with E-state index in [4.69, 9.17) is 10.8 Å². The van der Waals surface area contributed by atoms with E-state index < -0.39 is 60.2 Å². The van der Waals surface area contributed by atoms with Gasteiger partial charge in [0.15, 0.2) is 0 Å². The lowest BCUT2D eigenvalue weighted by atomic mass is 9.99. The molecular formula is C22H36N6O7. The van der Waals surface area contributed by atoms with Gasteiger partial charge >= 0.3 is 11.9 Å². The molecule has 0 saturated carbocycles. The number of rotatable bonds is 15. The van der Waals surface area contributed by atoms with E-state index >= 15 is 0 Å². The van der Waals surface area contributed by atoms with Crippen LogP contribution >= 0.6 is 0 Å². The molecule has 1 aromatic heterocycles. The number of H-pyrrole nitrogens is 1. The Bertz CT molecular complexity index is 872. The predicted molar refractivity (Wildman–Crippen MR) is 125 cm³/mol. The molecular weight excluding hydrogens is 460 g/mol. The number of aromatic nitrogens is 2. The first-order chi connectivity index (χ1) is 16.3. The summed E-state index contributed by atoms with van der Waals surface area (Å²) in [5.74, 6) is -4.70. The third kappa shape index (κ3) is 11.0. The van der Waals surface area contributed by atoms with Gasteiger partial charge in [0.25, 0.3) is 0 Å². The molecule has 4 unspecified atom stereocenters. The summed E-state index contributed by atoms with van der Waals surface area (Å²) in [4.78, 5) is 67.4. The van der Waals surface area contributed by atoms with Crippen LogP contribution in [0.3, 0.4) is 0 Å². The van der Waals surface area contributed by atoms with Crippen LogP contribution in [0.4, 0.5) is 0 Å². The first-order valence-electron chi connectivity index (χ1n) is 11.4. The van der Waals surface area contributed by atoms with Crippen LogP contribution in [0.25, 0.3) is 0 Å². The Kier molecular flexibility index (Phi) is 11.9. The number of hydrogen-bond donors (Lipinski definition) is 7. The first kappa shape index (κ1) is 29.6. The Labute approximate surface area is 203 Å². The highest BCUT2D eigenvalue weighted by Crippen LogP contribution is 2.10. The zero-order valence-corrected chi connectivity index (χ0v) is 20.4. The lowest BCUT2D eigenvalue weighted by molar-refractivity contribution is -0.142. The molecule has 0 aliphatic rings. The van der Waals surface area contributed by atoms with Crippen molar-refractivity contribution >= 4 is 29.7 Å². The molecule has 0 saturated heterocycles. The third-order valence-corrected chi connectivity index (χ3v) is 5.00. The second kappa shape index (κ2) is 14.0. The number of nitrogens with one attached hydrogen (secondary N) is 4. The van der Waals surface area contributed by atoms with Gasteiger partial charge in [-0.2, -0.15) is 0 Å². The maximum Gasteiger partial charge on any atom is 0.326 e. The fourth-order valence-electron chi connectivity index (χ4n) is 3.33. The van der Waals surface area contributed by atoms with Gasteiger partial charge in [0.05, 0.1) is 18.8 Å². The average molecular weight is 497 g/mol. The largest absolute Gasteiger partial charge is 0.481 e. The molecule has 4 atom stereocenters. The Morgan fingerprint density at radius 3 is 1.77 bits per heavy atom. The molecule has 1 aromatic rings. The molecule has 1 rings (SSSR count). The highest BCUT2D eigenvalue weighted by Gasteiger charge is 2.31. The summed E-state index contributed by atoms with van der Waals surface area (Å²) in [7, 11) is 0. The van der Waals surface area contributed by atoms with Gasteiger partial charge in [-0.1, -0.05) is 27.7 Å². The first-order valence-corrected chi connectivity index (χ1v) is 11.4.